The van der Waals surface area contributed by atoms with Crippen LogP contribution in [-0.4, -0.2) is 23.1 Å². The predicted molar refractivity (Wildman–Crippen MR) is 83.4 cm³/mol. The number of aliphatic carboxylic acids is 1. The summed E-state index contributed by atoms with van der Waals surface area (Å²) in [5.41, 5.74) is 0.529. The summed E-state index contributed by atoms with van der Waals surface area (Å²) < 4.78 is 2.19. The van der Waals surface area contributed by atoms with E-state index in [9.17, 15) is 9.59 Å². The molecule has 8 heteroatoms. The average molecular weight is 459 g/mol. The number of benzene rings is 1. The Morgan fingerprint density at radius 3 is 2.21 bits per heavy atom. The predicted octanol–water partition coefficient (Wildman–Crippen LogP) is 3.96. The van der Waals surface area contributed by atoms with E-state index in [0.717, 1.165) is 4.47 Å². The lowest BCUT2D eigenvalue weighted by atomic mass is 10.2. The van der Waals surface area contributed by atoms with E-state index in [4.69, 9.17) is 5.11 Å². The van der Waals surface area contributed by atoms with Gasteiger partial charge in [-0.1, -0.05) is 22.9 Å². The maximum atomic E-state index is 11.7. The van der Waals surface area contributed by atoms with Crippen molar-refractivity contribution in [3.63, 3.8) is 0 Å². The Morgan fingerprint density at radius 1 is 1.26 bits per heavy atom. The summed E-state index contributed by atoms with van der Waals surface area (Å²) in [4.78, 5) is 22.6. The summed E-state index contributed by atoms with van der Waals surface area (Å²) in [5, 5.41) is 13.8. The number of carboxylic acids is 1. The first-order chi connectivity index (χ1) is 8.85. The van der Waals surface area contributed by atoms with Crippen LogP contribution in [0.4, 0.5) is 10.5 Å². The van der Waals surface area contributed by atoms with E-state index in [0.29, 0.717) is 21.1 Å². The van der Waals surface area contributed by atoms with Crippen molar-refractivity contribution < 1.29 is 14.7 Å². The van der Waals surface area contributed by atoms with E-state index in [2.05, 4.69) is 58.4 Å². The van der Waals surface area contributed by atoms with Gasteiger partial charge in [-0.2, -0.15) is 0 Å². The number of hydrogen-bond donors (Lipinski definition) is 3. The number of carbonyl (C=O) groups is 2. The fourth-order valence-corrected chi connectivity index (χ4v) is 3.76. The van der Waals surface area contributed by atoms with Crippen LogP contribution in [-0.2, 0) is 4.79 Å². The smallest absolute Gasteiger partial charge is 0.326 e. The Labute approximate surface area is 135 Å². The van der Waals surface area contributed by atoms with Gasteiger partial charge in [-0.15, -0.1) is 0 Å². The van der Waals surface area contributed by atoms with E-state index in [-0.39, 0.29) is 0 Å². The molecule has 104 valence electrons. The Kier molecular flexibility index (Phi) is 6.28. The van der Waals surface area contributed by atoms with Gasteiger partial charge < -0.3 is 15.7 Å². The number of carbonyl (C=O) groups excluding carboxylic acids is 1. The second-order valence-corrected chi connectivity index (χ2v) is 6.27. The maximum Gasteiger partial charge on any atom is 0.326 e. The summed E-state index contributed by atoms with van der Waals surface area (Å²) in [7, 11) is 0. The molecule has 0 aliphatic heterocycles. The number of amides is 2. The molecule has 0 aliphatic carbocycles. The van der Waals surface area contributed by atoms with Crippen molar-refractivity contribution in [2.75, 3.05) is 5.32 Å². The molecule has 1 aromatic rings. The molecule has 1 rings (SSSR count). The highest BCUT2D eigenvalue weighted by Gasteiger charge is 2.18. The topological polar surface area (TPSA) is 78.4 Å². The first kappa shape index (κ1) is 16.5. The molecule has 3 N–H and O–H groups in total. The molecule has 0 fully saturated rings. The Balaban J connectivity index is 2.80. The van der Waals surface area contributed by atoms with E-state index in [1.807, 2.05) is 0 Å². The third-order valence-corrected chi connectivity index (χ3v) is 3.97. The van der Waals surface area contributed by atoms with Gasteiger partial charge >= 0.3 is 12.0 Å². The molecule has 0 spiro atoms. The van der Waals surface area contributed by atoms with Crippen LogP contribution in [0, 0.1) is 0 Å². The fourth-order valence-electron chi connectivity index (χ4n) is 1.31. The van der Waals surface area contributed by atoms with Crippen molar-refractivity contribution >= 4 is 65.5 Å². The number of carboxylic acid groups (broad SMARTS) is 1. The van der Waals surface area contributed by atoms with Gasteiger partial charge in [0.05, 0.1) is 5.69 Å². The second kappa shape index (κ2) is 7.25. The van der Waals surface area contributed by atoms with Crippen LogP contribution in [0.15, 0.2) is 25.6 Å². The minimum atomic E-state index is -1.06. The van der Waals surface area contributed by atoms with Gasteiger partial charge in [-0.25, -0.2) is 9.59 Å². The van der Waals surface area contributed by atoms with Gasteiger partial charge in [0.25, 0.3) is 0 Å². The molecule has 0 radical (unpaired) electrons. The number of rotatable bonds is 4. The van der Waals surface area contributed by atoms with Crippen molar-refractivity contribution in [2.24, 2.45) is 0 Å². The second-order valence-electron chi connectivity index (χ2n) is 3.64. The van der Waals surface area contributed by atoms with Gasteiger partial charge in [0, 0.05) is 13.4 Å². The Morgan fingerprint density at radius 2 is 1.79 bits per heavy atom. The van der Waals surface area contributed by atoms with Crippen molar-refractivity contribution in [1.29, 1.82) is 0 Å². The van der Waals surface area contributed by atoms with Crippen molar-refractivity contribution in [3.8, 4) is 0 Å². The van der Waals surface area contributed by atoms with Gasteiger partial charge in [0.2, 0.25) is 0 Å². The molecule has 0 heterocycles. The average Bonchev–Trinajstić information content (AvgIpc) is 2.30. The Bertz CT molecular complexity index is 485. The van der Waals surface area contributed by atoms with Gasteiger partial charge in [-0.3, -0.25) is 0 Å². The third kappa shape index (κ3) is 4.77. The number of urea groups is 1. The first-order valence-electron chi connectivity index (χ1n) is 5.30. The first-order valence-corrected chi connectivity index (χ1v) is 7.68. The zero-order chi connectivity index (χ0) is 14.6. The quantitative estimate of drug-likeness (QED) is 0.639. The normalized spacial score (nSPS) is 11.8. The highest BCUT2D eigenvalue weighted by molar-refractivity contribution is 9.11. The molecular weight excluding hydrogens is 448 g/mol. The minimum absolute atomic E-state index is 0.311. The molecule has 2 amide bonds. The highest BCUT2D eigenvalue weighted by Crippen LogP contribution is 2.34. The molecule has 1 aromatic carbocycles. The number of nitrogens with one attached hydrogen (secondary N) is 2. The van der Waals surface area contributed by atoms with E-state index in [1.165, 1.54) is 0 Å². The van der Waals surface area contributed by atoms with Crippen LogP contribution in [0.3, 0.4) is 0 Å². The van der Waals surface area contributed by atoms with Crippen molar-refractivity contribution in [3.05, 3.63) is 25.6 Å². The lowest BCUT2D eigenvalue weighted by Crippen LogP contribution is -2.42. The van der Waals surface area contributed by atoms with Crippen molar-refractivity contribution in [2.45, 2.75) is 19.4 Å². The molecule has 0 saturated heterocycles. The van der Waals surface area contributed by atoms with Crippen LogP contribution in [0.1, 0.15) is 13.3 Å². The number of hydrogen-bond acceptors (Lipinski definition) is 2. The number of anilines is 1. The van der Waals surface area contributed by atoms with Gasteiger partial charge in [0.1, 0.15) is 6.04 Å². The monoisotopic (exact) mass is 456 g/mol. The molecule has 5 nitrogen and oxygen atoms in total. The van der Waals surface area contributed by atoms with Gasteiger partial charge in [0.15, 0.2) is 0 Å². The molecule has 0 bridgehead atoms. The molecule has 1 atom stereocenters. The molecule has 0 aromatic heterocycles. The molecule has 0 unspecified atom stereocenters. The van der Waals surface area contributed by atoms with Crippen LogP contribution < -0.4 is 10.6 Å². The minimum Gasteiger partial charge on any atom is -0.480 e. The van der Waals surface area contributed by atoms with Crippen LogP contribution in [0.5, 0.6) is 0 Å². The SMILES string of the molecule is CC[C@H](NC(=O)Nc1c(Br)cc(Br)cc1Br)C(=O)O. The molecule has 19 heavy (non-hydrogen) atoms. The molecular formula is C11H11Br3N2O3. The van der Waals surface area contributed by atoms with Crippen LogP contribution >= 0.6 is 47.8 Å². The van der Waals surface area contributed by atoms with Gasteiger partial charge in [-0.05, 0) is 50.4 Å². The van der Waals surface area contributed by atoms with Crippen molar-refractivity contribution in [1.82, 2.24) is 5.32 Å². The zero-order valence-electron chi connectivity index (χ0n) is 9.84. The fraction of sp³-hybridized carbons (Fsp3) is 0.273. The summed E-state index contributed by atoms with van der Waals surface area (Å²) in [6, 6.07) is 2.06. The van der Waals surface area contributed by atoms with E-state index in [1.54, 1.807) is 19.1 Å². The lowest BCUT2D eigenvalue weighted by molar-refractivity contribution is -0.139. The zero-order valence-corrected chi connectivity index (χ0v) is 14.6. The standard InChI is InChI=1S/C11H11Br3N2O3/c1-2-8(10(17)18)15-11(19)16-9-6(13)3-5(12)4-7(9)14/h3-4,8H,2H2,1H3,(H,17,18)(H2,15,16,19)/t8-/m0/s1. The third-order valence-electron chi connectivity index (χ3n) is 2.26. The number of halogens is 3. The summed E-state index contributed by atoms with van der Waals surface area (Å²) in [6.07, 6.45) is 0.311. The summed E-state index contributed by atoms with van der Waals surface area (Å²) in [6.45, 7) is 1.69. The van der Waals surface area contributed by atoms with Crippen LogP contribution in [0.25, 0.3) is 0 Å². The molecule has 0 saturated carbocycles. The largest absolute Gasteiger partial charge is 0.480 e. The molecule has 0 aliphatic rings. The van der Waals surface area contributed by atoms with Crippen LogP contribution in [0.2, 0.25) is 0 Å². The summed E-state index contributed by atoms with van der Waals surface area (Å²) >= 11 is 9.96. The summed E-state index contributed by atoms with van der Waals surface area (Å²) in [5.74, 6) is -1.06. The highest BCUT2D eigenvalue weighted by atomic mass is 79.9. The van der Waals surface area contributed by atoms with E-state index >= 15 is 0 Å². The maximum absolute atomic E-state index is 11.7. The lowest BCUT2D eigenvalue weighted by Gasteiger charge is -2.15. The Hall–Kier alpha value is -0.600. The van der Waals surface area contributed by atoms with E-state index < -0.39 is 18.0 Å².